The molecule has 63 heavy (non-hydrogen) atoms. The van der Waals surface area contributed by atoms with E-state index >= 15 is 0 Å². The Bertz CT molecular complexity index is 3420. The van der Waals surface area contributed by atoms with Crippen LogP contribution in [-0.2, 0) is 18.4 Å². The van der Waals surface area contributed by atoms with Gasteiger partial charge in [-0.05, 0) is 135 Å². The van der Waals surface area contributed by atoms with E-state index in [1.807, 2.05) is 0 Å². The molecule has 9 aromatic rings. The van der Waals surface area contributed by atoms with E-state index in [0.717, 1.165) is 19.4 Å². The predicted molar refractivity (Wildman–Crippen MR) is 263 cm³/mol. The summed E-state index contributed by atoms with van der Waals surface area (Å²) in [5, 5.41) is 2.70. The van der Waals surface area contributed by atoms with Crippen molar-refractivity contribution in [1.82, 2.24) is 0 Å². The molecule has 3 aliphatic rings. The molecule has 1 aliphatic heterocycles. The van der Waals surface area contributed by atoms with Crippen molar-refractivity contribution < 1.29 is 8.73 Å². The van der Waals surface area contributed by atoms with Gasteiger partial charge < -0.3 is 4.90 Å². The fourth-order valence-electron chi connectivity index (χ4n) is 10.7. The van der Waals surface area contributed by atoms with E-state index in [1.54, 1.807) is 0 Å². The third-order valence-electron chi connectivity index (χ3n) is 13.9. The SMILES string of the molecule is Cc1ccc(-c2cccc(N(C3=CC=CC4=C(C3)C[n+]3ccccc34)c3cccc4c3[pH][n+]3ccccc43)c2)cc1-c1cc2c(cc1Cc1ccccc1)C(C)(C)c1ccccc1-2. The molecule has 302 valence electrons. The van der Waals surface area contributed by atoms with Crippen LogP contribution in [0, 0.1) is 6.92 Å². The molecule has 0 saturated heterocycles. The number of nitrogens with zero attached hydrogens (tertiary/aromatic N) is 3. The van der Waals surface area contributed by atoms with E-state index in [2.05, 4.69) is 229 Å². The van der Waals surface area contributed by atoms with Crippen molar-refractivity contribution in [3.63, 3.8) is 0 Å². The number of hydrogen-bond acceptors (Lipinski definition) is 1. The largest absolute Gasteiger partial charge is 0.313 e. The molecule has 1 unspecified atom stereocenters. The molecule has 0 N–H and O–H groups in total. The van der Waals surface area contributed by atoms with Gasteiger partial charge in [0, 0.05) is 53.1 Å². The second-order valence-electron chi connectivity index (χ2n) is 18.0. The number of rotatable bonds is 7. The Balaban J connectivity index is 1.00. The van der Waals surface area contributed by atoms with E-state index in [4.69, 9.17) is 0 Å². The van der Waals surface area contributed by atoms with Gasteiger partial charge in [0.2, 0.25) is 11.2 Å². The molecule has 0 spiro atoms. The van der Waals surface area contributed by atoms with Crippen molar-refractivity contribution in [3.05, 3.63) is 239 Å². The number of fused-ring (bicyclic) bond motifs is 8. The molecule has 0 radical (unpaired) electrons. The maximum atomic E-state index is 2.56. The first kappa shape index (κ1) is 37.7. The summed E-state index contributed by atoms with van der Waals surface area (Å²) in [6.07, 6.45) is 13.1. The van der Waals surface area contributed by atoms with E-state index in [9.17, 15) is 0 Å². The third kappa shape index (κ3) is 6.25. The number of hydrogen-bond donors (Lipinski definition) is 0. The van der Waals surface area contributed by atoms with Crippen molar-refractivity contribution in [2.24, 2.45) is 0 Å². The van der Waals surface area contributed by atoms with Crippen LogP contribution in [0.2, 0.25) is 0 Å². The van der Waals surface area contributed by atoms with E-state index in [1.165, 1.54) is 111 Å². The molecule has 0 amide bonds. The van der Waals surface area contributed by atoms with Gasteiger partial charge in [0.25, 0.3) is 0 Å². The number of aromatic nitrogens is 2. The van der Waals surface area contributed by atoms with Gasteiger partial charge >= 0.3 is 0 Å². The van der Waals surface area contributed by atoms with Crippen molar-refractivity contribution >= 4 is 41.3 Å². The van der Waals surface area contributed by atoms with Crippen molar-refractivity contribution in [3.8, 4) is 33.4 Å². The van der Waals surface area contributed by atoms with Gasteiger partial charge in [-0.3, -0.25) is 0 Å². The molecule has 12 rings (SSSR count). The second kappa shape index (κ2) is 14.8. The van der Waals surface area contributed by atoms with Crippen LogP contribution in [0.3, 0.4) is 0 Å². The Labute approximate surface area is 371 Å². The van der Waals surface area contributed by atoms with Gasteiger partial charge in [0.15, 0.2) is 18.9 Å². The smallest absolute Gasteiger partial charge is 0.220 e. The van der Waals surface area contributed by atoms with E-state index in [0.29, 0.717) is 8.35 Å². The molecular weight excluding hydrogens is 782 g/mol. The highest BCUT2D eigenvalue weighted by molar-refractivity contribution is 7.30. The number of allylic oxidation sites excluding steroid dienone is 5. The molecule has 4 heteroatoms. The summed E-state index contributed by atoms with van der Waals surface area (Å²) < 4.78 is 4.80. The normalized spacial score (nSPS) is 14.7. The second-order valence-corrected chi connectivity index (χ2v) is 19.2. The summed E-state index contributed by atoms with van der Waals surface area (Å²) >= 11 is 0. The predicted octanol–water partition coefficient (Wildman–Crippen LogP) is 13.9. The summed E-state index contributed by atoms with van der Waals surface area (Å²) in [7, 11) is 0.515. The minimum Gasteiger partial charge on any atom is -0.313 e. The highest BCUT2D eigenvalue weighted by Crippen LogP contribution is 2.51. The lowest BCUT2D eigenvalue weighted by molar-refractivity contribution is -0.686. The van der Waals surface area contributed by atoms with Gasteiger partial charge in [-0.15, -0.1) is 0 Å². The molecule has 3 aromatic heterocycles. The Hall–Kier alpha value is -7.06. The average Bonchev–Trinajstić information content (AvgIpc) is 3.88. The monoisotopic (exact) mass is 829 g/mol. The zero-order valence-corrected chi connectivity index (χ0v) is 36.9. The zero-order chi connectivity index (χ0) is 42.2. The van der Waals surface area contributed by atoms with Gasteiger partial charge in [0.05, 0.1) is 21.8 Å². The number of aryl methyl sites for hydroxylation is 1. The lowest BCUT2D eigenvalue weighted by Crippen LogP contribution is -2.33. The van der Waals surface area contributed by atoms with E-state index in [-0.39, 0.29) is 5.41 Å². The first-order chi connectivity index (χ1) is 30.9. The van der Waals surface area contributed by atoms with Crippen LogP contribution < -0.4 is 13.6 Å². The summed E-state index contributed by atoms with van der Waals surface area (Å²) in [5.41, 5.74) is 23.5. The number of pyridine rings is 2. The minimum atomic E-state index is -0.0682. The first-order valence-corrected chi connectivity index (χ1v) is 23.2. The van der Waals surface area contributed by atoms with Crippen LogP contribution in [0.5, 0.6) is 0 Å². The third-order valence-corrected chi connectivity index (χ3v) is 15.2. The Morgan fingerprint density at radius 2 is 1.46 bits per heavy atom. The molecule has 3 nitrogen and oxygen atoms in total. The van der Waals surface area contributed by atoms with E-state index < -0.39 is 0 Å². The minimum absolute atomic E-state index is 0.0682. The van der Waals surface area contributed by atoms with Gasteiger partial charge in [-0.1, -0.05) is 111 Å². The number of benzene rings is 6. The van der Waals surface area contributed by atoms with Crippen molar-refractivity contribution in [1.29, 1.82) is 0 Å². The molecule has 0 bridgehead atoms. The molecular formula is C59H48N3P+2. The summed E-state index contributed by atoms with van der Waals surface area (Å²) in [5.74, 6) is 0. The maximum absolute atomic E-state index is 2.56. The average molecular weight is 830 g/mol. The highest BCUT2D eigenvalue weighted by atomic mass is 31.0. The lowest BCUT2D eigenvalue weighted by atomic mass is 9.80. The van der Waals surface area contributed by atoms with Crippen LogP contribution in [0.4, 0.5) is 11.4 Å². The van der Waals surface area contributed by atoms with Gasteiger partial charge in [0.1, 0.15) is 8.35 Å². The van der Waals surface area contributed by atoms with Crippen LogP contribution in [0.25, 0.3) is 55.0 Å². The zero-order valence-electron chi connectivity index (χ0n) is 35.9. The lowest BCUT2D eigenvalue weighted by Gasteiger charge is -2.29. The van der Waals surface area contributed by atoms with Crippen molar-refractivity contribution in [2.75, 3.05) is 4.90 Å². The van der Waals surface area contributed by atoms with Crippen LogP contribution in [-0.4, -0.2) is 0 Å². The Morgan fingerprint density at radius 3 is 2.38 bits per heavy atom. The molecule has 4 heterocycles. The van der Waals surface area contributed by atoms with Crippen LogP contribution >= 0.6 is 8.35 Å². The summed E-state index contributed by atoms with van der Waals surface area (Å²) in [6.45, 7) is 7.95. The maximum Gasteiger partial charge on any atom is 0.220 e. The van der Waals surface area contributed by atoms with Gasteiger partial charge in [-0.25, -0.2) is 0 Å². The topological polar surface area (TPSA) is 11.2 Å². The standard InChI is InChI=1S/C59H48N3P/c1-39-28-29-42(35-50(39)51-37-52-48-21-7-8-24-53(48)59(2,3)54(52)36-43(51)32-40-16-5-4-6-17-40)41-18-13-19-45(33-41)62(57-27-15-23-49-56-26-10-12-31-61(56)63-58(49)57)46-20-14-22-47-44(34-46)38-60-30-11-9-25-55(47)60/h4-31,33,35-37,63H,32,34,38H2,1-3H3/q+2. The first-order valence-electron chi connectivity index (χ1n) is 22.2. The van der Waals surface area contributed by atoms with Gasteiger partial charge in [-0.2, -0.15) is 8.73 Å². The van der Waals surface area contributed by atoms with Crippen molar-refractivity contribution in [2.45, 2.75) is 45.6 Å². The molecule has 0 fully saturated rings. The molecule has 2 aliphatic carbocycles. The Kier molecular flexibility index (Phi) is 8.85. The molecule has 1 atom stereocenters. The quantitative estimate of drug-likeness (QED) is 0.146. The van der Waals surface area contributed by atoms with Crippen LogP contribution in [0.15, 0.2) is 206 Å². The van der Waals surface area contributed by atoms with Crippen LogP contribution in [0.1, 0.15) is 53.8 Å². The fraction of sp³-hybridized carbons (Fsp3) is 0.119. The molecule has 0 saturated carbocycles. The summed E-state index contributed by atoms with van der Waals surface area (Å²) in [4.78, 5) is 2.56. The summed E-state index contributed by atoms with van der Waals surface area (Å²) in [6, 6.07) is 61.3. The number of anilines is 2. The Morgan fingerprint density at radius 1 is 0.651 bits per heavy atom. The highest BCUT2D eigenvalue weighted by Gasteiger charge is 2.36. The fourth-order valence-corrected chi connectivity index (χ4v) is 12.0. The molecule has 6 aromatic carbocycles.